The average molecular weight is 561 g/mol. The van der Waals surface area contributed by atoms with Gasteiger partial charge in [-0.05, 0) is 49.4 Å². The van der Waals surface area contributed by atoms with E-state index in [0.29, 0.717) is 39.5 Å². The number of hydrogen-bond acceptors (Lipinski definition) is 8. The fourth-order valence-corrected chi connectivity index (χ4v) is 4.79. The van der Waals surface area contributed by atoms with E-state index >= 15 is 0 Å². The molecule has 4 aromatic rings. The zero-order valence-electron chi connectivity index (χ0n) is 20.1. The number of rotatable bonds is 5. The van der Waals surface area contributed by atoms with Crippen molar-refractivity contribution in [3.63, 3.8) is 0 Å². The van der Waals surface area contributed by atoms with E-state index in [-0.39, 0.29) is 23.0 Å². The third-order valence-corrected chi connectivity index (χ3v) is 6.73. The predicted molar refractivity (Wildman–Crippen MR) is 139 cm³/mol. The summed E-state index contributed by atoms with van der Waals surface area (Å²) in [5.41, 5.74) is 8.97. The van der Waals surface area contributed by atoms with Crippen LogP contribution in [0, 0.1) is 18.3 Å². The van der Waals surface area contributed by atoms with Crippen molar-refractivity contribution in [2.75, 3.05) is 14.2 Å². The fraction of sp³-hybridized carbons (Fsp3) is 0.143. The Bertz CT molecular complexity index is 1630. The summed E-state index contributed by atoms with van der Waals surface area (Å²) in [7, 11) is 3.11. The number of hydrogen-bond donors (Lipinski definition) is 1. The summed E-state index contributed by atoms with van der Waals surface area (Å²) in [4.78, 5) is 13.0. The second-order valence-electron chi connectivity index (χ2n) is 8.32. The lowest BCUT2D eigenvalue weighted by molar-refractivity contribution is 0.0702. The van der Waals surface area contributed by atoms with Crippen LogP contribution >= 0.6 is 15.9 Å². The van der Waals surface area contributed by atoms with E-state index < -0.39 is 11.9 Å². The van der Waals surface area contributed by atoms with E-state index in [2.05, 4.69) is 22.0 Å². The third kappa shape index (κ3) is 4.26. The number of halogens is 1. The Hall–Kier alpha value is -4.42. The van der Waals surface area contributed by atoms with Gasteiger partial charge in [0.05, 0.1) is 20.1 Å². The Morgan fingerprint density at radius 3 is 2.54 bits per heavy atom. The number of carbonyl (C=O) groups is 1. The summed E-state index contributed by atoms with van der Waals surface area (Å²) in [5, 5.41) is 10.7. The molecule has 3 aromatic carbocycles. The molecule has 186 valence electrons. The second-order valence-corrected chi connectivity index (χ2v) is 9.23. The topological polar surface area (TPSA) is 117 Å². The van der Waals surface area contributed by atoms with Crippen molar-refractivity contribution in [2.45, 2.75) is 12.8 Å². The second kappa shape index (κ2) is 9.56. The smallest absolute Gasteiger partial charge is 0.379 e. The third-order valence-electron chi connectivity index (χ3n) is 6.23. The molecular weight excluding hydrogens is 540 g/mol. The lowest BCUT2D eigenvalue weighted by atomic mass is 9.83. The average Bonchev–Trinajstić information content (AvgIpc) is 3.23. The van der Waals surface area contributed by atoms with Crippen LogP contribution in [0.25, 0.3) is 11.0 Å². The van der Waals surface area contributed by atoms with Crippen LogP contribution in [-0.4, -0.2) is 20.2 Å². The maximum absolute atomic E-state index is 13.0. The van der Waals surface area contributed by atoms with Gasteiger partial charge >= 0.3 is 5.97 Å². The van der Waals surface area contributed by atoms with Gasteiger partial charge in [0.1, 0.15) is 40.2 Å². The van der Waals surface area contributed by atoms with Gasteiger partial charge in [0, 0.05) is 32.6 Å². The van der Waals surface area contributed by atoms with Crippen LogP contribution in [-0.2, 0) is 0 Å². The highest BCUT2D eigenvalue weighted by Crippen LogP contribution is 2.46. The first-order chi connectivity index (χ1) is 17.8. The van der Waals surface area contributed by atoms with Gasteiger partial charge in [-0.2, -0.15) is 5.26 Å². The van der Waals surface area contributed by atoms with Crippen LogP contribution in [0.1, 0.15) is 33.2 Å². The van der Waals surface area contributed by atoms with E-state index in [1.165, 1.54) is 0 Å². The van der Waals surface area contributed by atoms with Crippen molar-refractivity contribution in [1.29, 1.82) is 5.26 Å². The number of fused-ring (bicyclic) bond motifs is 2. The Morgan fingerprint density at radius 1 is 1.03 bits per heavy atom. The van der Waals surface area contributed by atoms with E-state index in [1.807, 2.05) is 12.1 Å². The molecule has 1 aliphatic rings. The van der Waals surface area contributed by atoms with Crippen LogP contribution in [0.4, 0.5) is 0 Å². The van der Waals surface area contributed by atoms with Crippen molar-refractivity contribution >= 4 is 32.9 Å². The van der Waals surface area contributed by atoms with E-state index in [4.69, 9.17) is 29.1 Å². The maximum Gasteiger partial charge on any atom is 0.379 e. The molecule has 1 aliphatic heterocycles. The van der Waals surface area contributed by atoms with Crippen LogP contribution in [0.15, 0.2) is 74.9 Å². The lowest BCUT2D eigenvalue weighted by Gasteiger charge is -2.28. The molecule has 37 heavy (non-hydrogen) atoms. The van der Waals surface area contributed by atoms with Gasteiger partial charge < -0.3 is 29.1 Å². The zero-order valence-corrected chi connectivity index (χ0v) is 21.7. The molecule has 0 fully saturated rings. The molecule has 0 amide bonds. The molecule has 0 spiro atoms. The standard InChI is InChI=1S/C28H21BrN2O6/c1-14-19-10-15(29)4-8-23(19)36-26(14)28(32)35-17-5-7-18-24(12-17)37-27(31)21(13-30)25(18)20-11-16(33-2)6-9-22(20)34-3/h4-12,25H,31H2,1-3H3. The van der Waals surface area contributed by atoms with Crippen molar-refractivity contribution < 1.29 is 28.2 Å². The molecule has 2 heterocycles. The normalized spacial score (nSPS) is 14.5. The quantitative estimate of drug-likeness (QED) is 0.235. The van der Waals surface area contributed by atoms with Gasteiger partial charge in [0.15, 0.2) is 0 Å². The number of nitriles is 1. The van der Waals surface area contributed by atoms with Crippen LogP contribution < -0.4 is 24.7 Å². The van der Waals surface area contributed by atoms with Gasteiger partial charge in [-0.1, -0.05) is 22.0 Å². The summed E-state index contributed by atoms with van der Waals surface area (Å²) in [6, 6.07) is 17.9. The number of esters is 1. The molecule has 0 aliphatic carbocycles. The zero-order chi connectivity index (χ0) is 26.3. The molecule has 2 N–H and O–H groups in total. The molecule has 5 rings (SSSR count). The highest BCUT2D eigenvalue weighted by Gasteiger charge is 2.33. The minimum Gasteiger partial charge on any atom is -0.497 e. The summed E-state index contributed by atoms with van der Waals surface area (Å²) in [5.74, 6) is 0.563. The molecular formula is C28H21BrN2O6. The Kier molecular flexibility index (Phi) is 6.27. The van der Waals surface area contributed by atoms with Crippen LogP contribution in [0.3, 0.4) is 0 Å². The number of nitrogens with zero attached hydrogens (tertiary/aromatic N) is 1. The van der Waals surface area contributed by atoms with Gasteiger partial charge in [-0.25, -0.2) is 4.79 Å². The van der Waals surface area contributed by atoms with Crippen molar-refractivity contribution in [2.24, 2.45) is 5.73 Å². The Labute approximate surface area is 220 Å². The van der Waals surface area contributed by atoms with E-state index in [1.54, 1.807) is 63.6 Å². The molecule has 0 saturated heterocycles. The highest BCUT2D eigenvalue weighted by atomic mass is 79.9. The number of benzene rings is 3. The van der Waals surface area contributed by atoms with Crippen molar-refractivity contribution in [1.82, 2.24) is 0 Å². The molecule has 8 nitrogen and oxygen atoms in total. The van der Waals surface area contributed by atoms with Gasteiger partial charge in [0.2, 0.25) is 11.6 Å². The highest BCUT2D eigenvalue weighted by molar-refractivity contribution is 9.10. The monoisotopic (exact) mass is 560 g/mol. The number of furan rings is 1. The molecule has 1 atom stereocenters. The number of allylic oxidation sites excluding steroid dienone is 1. The Morgan fingerprint density at radius 2 is 1.81 bits per heavy atom. The Balaban J connectivity index is 1.53. The summed E-state index contributed by atoms with van der Waals surface area (Å²) >= 11 is 3.43. The van der Waals surface area contributed by atoms with Crippen molar-refractivity contribution in [3.8, 4) is 29.1 Å². The van der Waals surface area contributed by atoms with Crippen LogP contribution in [0.5, 0.6) is 23.0 Å². The maximum atomic E-state index is 13.0. The molecule has 0 radical (unpaired) electrons. The first-order valence-electron chi connectivity index (χ1n) is 11.2. The first-order valence-corrected chi connectivity index (χ1v) is 12.0. The molecule has 9 heteroatoms. The predicted octanol–water partition coefficient (Wildman–Crippen LogP) is 5.96. The SMILES string of the molecule is COc1ccc(OC)c(C2C(C#N)=C(N)Oc3cc(OC(=O)c4oc5ccc(Br)cc5c4C)ccc32)c1. The van der Waals surface area contributed by atoms with Gasteiger partial charge in [-0.3, -0.25) is 0 Å². The molecule has 1 aromatic heterocycles. The van der Waals surface area contributed by atoms with E-state index in [0.717, 1.165) is 9.86 Å². The minimum absolute atomic E-state index is 0.0490. The number of nitrogens with two attached hydrogens (primary N) is 1. The molecule has 1 unspecified atom stereocenters. The van der Waals surface area contributed by atoms with E-state index in [9.17, 15) is 10.1 Å². The van der Waals surface area contributed by atoms with Crippen LogP contribution in [0.2, 0.25) is 0 Å². The summed E-state index contributed by atoms with van der Waals surface area (Å²) in [6.07, 6.45) is 0. The number of methoxy groups -OCH3 is 2. The van der Waals surface area contributed by atoms with Gasteiger partial charge in [0.25, 0.3) is 0 Å². The lowest BCUT2D eigenvalue weighted by Crippen LogP contribution is -2.21. The molecule has 0 bridgehead atoms. The number of ether oxygens (including phenoxy) is 4. The van der Waals surface area contributed by atoms with Crippen molar-refractivity contribution in [3.05, 3.63) is 93.0 Å². The largest absolute Gasteiger partial charge is 0.497 e. The summed E-state index contributed by atoms with van der Waals surface area (Å²) in [6.45, 7) is 1.80. The first kappa shape index (κ1) is 24.3. The van der Waals surface area contributed by atoms with Gasteiger partial charge in [-0.15, -0.1) is 0 Å². The number of carbonyl (C=O) groups excluding carboxylic acids is 1. The fourth-order valence-electron chi connectivity index (χ4n) is 4.43. The minimum atomic E-state index is -0.646. The molecule has 0 saturated carbocycles. The number of aryl methyl sites for hydroxylation is 1. The summed E-state index contributed by atoms with van der Waals surface area (Å²) < 4.78 is 29.0.